The monoisotopic (exact) mass is 354 g/mol. The Morgan fingerprint density at radius 2 is 1.52 bits per heavy atom. The molecule has 0 amide bonds. The van der Waals surface area contributed by atoms with E-state index in [0.717, 1.165) is 16.7 Å². The molecule has 0 spiro atoms. The van der Waals surface area contributed by atoms with Crippen LogP contribution in [0, 0.1) is 0 Å². The fraction of sp³-hybridized carbons (Fsp3) is 0.250. The predicted molar refractivity (Wildman–Crippen MR) is 102 cm³/mol. The third-order valence-corrected chi connectivity index (χ3v) is 5.80. The van der Waals surface area contributed by atoms with Gasteiger partial charge in [-0.05, 0) is 38.0 Å². The van der Waals surface area contributed by atoms with E-state index >= 15 is 0 Å². The van der Waals surface area contributed by atoms with Crippen molar-refractivity contribution in [2.75, 3.05) is 13.1 Å². The lowest BCUT2D eigenvalue weighted by molar-refractivity contribution is 0.466. The van der Waals surface area contributed by atoms with Gasteiger partial charge in [-0.2, -0.15) is 8.42 Å². The summed E-state index contributed by atoms with van der Waals surface area (Å²) in [7, 11) is -3.76. The van der Waals surface area contributed by atoms with Crippen molar-refractivity contribution >= 4 is 21.4 Å². The van der Waals surface area contributed by atoms with Gasteiger partial charge in [0.2, 0.25) is 0 Å². The first-order valence-electron chi connectivity index (χ1n) is 8.45. The number of nitrogens with zero attached hydrogens (tertiary/aromatic N) is 2. The van der Waals surface area contributed by atoms with Crippen LogP contribution >= 0.6 is 0 Å². The van der Waals surface area contributed by atoms with E-state index in [1.54, 1.807) is 12.1 Å². The minimum Gasteiger partial charge on any atom is -0.356 e. The lowest BCUT2D eigenvalue weighted by Gasteiger charge is -2.24. The molecule has 2 aromatic rings. The Balaban J connectivity index is 2.40. The Morgan fingerprint density at radius 3 is 2.16 bits per heavy atom. The minimum atomic E-state index is -3.76. The maximum Gasteiger partial charge on any atom is 0.284 e. The van der Waals surface area contributed by atoms with Crippen LogP contribution < -0.4 is 0 Å². The van der Waals surface area contributed by atoms with Crippen LogP contribution in [0.3, 0.4) is 0 Å². The fourth-order valence-electron chi connectivity index (χ4n) is 3.24. The molecule has 0 radical (unpaired) electrons. The summed E-state index contributed by atoms with van der Waals surface area (Å²) in [6, 6.07) is 17.0. The van der Waals surface area contributed by atoms with Gasteiger partial charge < -0.3 is 4.90 Å². The van der Waals surface area contributed by atoms with Crippen LogP contribution in [0.5, 0.6) is 0 Å². The molecule has 0 saturated heterocycles. The van der Waals surface area contributed by atoms with Gasteiger partial charge in [0.05, 0.1) is 4.90 Å². The quantitative estimate of drug-likeness (QED) is 0.838. The summed E-state index contributed by atoms with van der Waals surface area (Å²) >= 11 is 0. The summed E-state index contributed by atoms with van der Waals surface area (Å²) in [4.78, 5) is 2.25. The predicted octanol–water partition coefficient (Wildman–Crippen LogP) is 3.95. The lowest BCUT2D eigenvalue weighted by Crippen LogP contribution is -2.32. The van der Waals surface area contributed by atoms with E-state index in [1.165, 1.54) is 0 Å². The van der Waals surface area contributed by atoms with Crippen LogP contribution in [0.4, 0.5) is 0 Å². The van der Waals surface area contributed by atoms with E-state index in [-0.39, 0.29) is 4.90 Å². The molecular formula is C20H22N2O2S. The number of hydrogen-bond donors (Lipinski definition) is 0. The van der Waals surface area contributed by atoms with E-state index in [2.05, 4.69) is 4.40 Å². The Hall–Kier alpha value is -2.40. The number of hydrogen-bond acceptors (Lipinski definition) is 3. The molecule has 0 aromatic heterocycles. The molecule has 130 valence electrons. The summed E-state index contributed by atoms with van der Waals surface area (Å²) in [6.07, 6.45) is 0. The van der Waals surface area contributed by atoms with Crippen molar-refractivity contribution < 1.29 is 8.42 Å². The highest BCUT2D eigenvalue weighted by Gasteiger charge is 2.29. The highest BCUT2D eigenvalue weighted by Crippen LogP contribution is 2.36. The van der Waals surface area contributed by atoms with E-state index in [0.29, 0.717) is 24.5 Å². The largest absolute Gasteiger partial charge is 0.356 e. The van der Waals surface area contributed by atoms with Crippen molar-refractivity contribution in [1.29, 1.82) is 0 Å². The summed E-state index contributed by atoms with van der Waals surface area (Å²) in [5.74, 6) is 0.528. The average Bonchev–Trinajstić information content (AvgIpc) is 2.71. The highest BCUT2D eigenvalue weighted by atomic mass is 32.2. The second kappa shape index (κ2) is 6.84. The van der Waals surface area contributed by atoms with Gasteiger partial charge in [-0.1, -0.05) is 48.5 Å². The molecule has 0 atom stereocenters. The minimum absolute atomic E-state index is 0.260. The third kappa shape index (κ3) is 3.12. The summed E-state index contributed by atoms with van der Waals surface area (Å²) in [6.45, 7) is 7.36. The van der Waals surface area contributed by atoms with Crippen molar-refractivity contribution in [1.82, 2.24) is 4.90 Å². The van der Waals surface area contributed by atoms with Crippen LogP contribution in [0.2, 0.25) is 0 Å². The number of benzene rings is 2. The molecule has 2 aromatic carbocycles. The molecule has 1 aliphatic rings. The zero-order chi connectivity index (χ0) is 18.0. The lowest BCUT2D eigenvalue weighted by atomic mass is 9.92. The van der Waals surface area contributed by atoms with Crippen LogP contribution in [0.25, 0.3) is 5.57 Å². The molecular weight excluding hydrogens is 332 g/mol. The third-order valence-electron chi connectivity index (χ3n) is 4.48. The fourth-order valence-corrected chi connectivity index (χ4v) is 4.52. The summed E-state index contributed by atoms with van der Waals surface area (Å²) in [5, 5.41) is 0. The second-order valence-corrected chi connectivity index (χ2v) is 7.50. The maximum absolute atomic E-state index is 12.9. The number of sulfonamides is 1. The molecule has 5 heteroatoms. The molecule has 3 rings (SSSR count). The van der Waals surface area contributed by atoms with Gasteiger partial charge in [0.1, 0.15) is 5.84 Å². The topological polar surface area (TPSA) is 49.7 Å². The van der Waals surface area contributed by atoms with Gasteiger partial charge in [0.15, 0.2) is 0 Å². The number of amidine groups is 1. The first-order valence-corrected chi connectivity index (χ1v) is 9.89. The molecule has 0 aliphatic carbocycles. The van der Waals surface area contributed by atoms with E-state index in [1.807, 2.05) is 68.1 Å². The van der Waals surface area contributed by atoms with E-state index in [4.69, 9.17) is 0 Å². The molecule has 1 heterocycles. The maximum atomic E-state index is 12.9. The number of rotatable bonds is 3. The number of likely N-dealkylation sites (N-methyl/N-ethyl adjacent to an activating group) is 1. The van der Waals surface area contributed by atoms with Gasteiger partial charge in [-0.25, -0.2) is 0 Å². The number of fused-ring (bicyclic) bond motifs is 1. The molecule has 4 nitrogen and oxygen atoms in total. The van der Waals surface area contributed by atoms with Crippen molar-refractivity contribution in [3.63, 3.8) is 0 Å². The average molecular weight is 354 g/mol. The summed E-state index contributed by atoms with van der Waals surface area (Å²) < 4.78 is 30.0. The van der Waals surface area contributed by atoms with Gasteiger partial charge >= 0.3 is 0 Å². The smallest absolute Gasteiger partial charge is 0.284 e. The van der Waals surface area contributed by atoms with Crippen molar-refractivity contribution in [2.24, 2.45) is 4.40 Å². The van der Waals surface area contributed by atoms with Gasteiger partial charge in [-0.15, -0.1) is 4.40 Å². The molecule has 0 N–H and O–H groups in total. The van der Waals surface area contributed by atoms with E-state index in [9.17, 15) is 8.42 Å². The highest BCUT2D eigenvalue weighted by molar-refractivity contribution is 7.90. The normalized spacial score (nSPS) is 16.0. The first-order chi connectivity index (χ1) is 12.0. The van der Waals surface area contributed by atoms with Crippen LogP contribution in [0.15, 0.2) is 69.5 Å². The first kappa shape index (κ1) is 17.4. The molecule has 25 heavy (non-hydrogen) atoms. The second-order valence-electron chi connectivity index (χ2n) is 5.92. The molecule has 0 saturated carbocycles. The Kier molecular flexibility index (Phi) is 4.77. The van der Waals surface area contributed by atoms with Gasteiger partial charge in [0.25, 0.3) is 10.0 Å². The van der Waals surface area contributed by atoms with Crippen molar-refractivity contribution in [3.8, 4) is 0 Å². The zero-order valence-electron chi connectivity index (χ0n) is 14.7. The van der Waals surface area contributed by atoms with Crippen LogP contribution in [0.1, 0.15) is 31.9 Å². The van der Waals surface area contributed by atoms with Crippen molar-refractivity contribution in [2.45, 2.75) is 25.7 Å². The molecule has 0 unspecified atom stereocenters. The Labute approximate surface area is 149 Å². The van der Waals surface area contributed by atoms with Gasteiger partial charge in [0, 0.05) is 24.2 Å². The Bertz CT molecular complexity index is 941. The van der Waals surface area contributed by atoms with Crippen molar-refractivity contribution in [3.05, 3.63) is 71.3 Å². The van der Waals surface area contributed by atoms with Crippen LogP contribution in [-0.2, 0) is 10.0 Å². The standard InChI is InChI=1S/C20H22N2O2S/c1-4-22(5-2)20-15(3)19(16-11-7-6-8-12-16)17-13-9-10-14-18(17)25(23,24)21-20/h6-14H,4-5H2,1-3H3. The van der Waals surface area contributed by atoms with Crippen LogP contribution in [-0.4, -0.2) is 32.2 Å². The zero-order valence-corrected chi connectivity index (χ0v) is 15.5. The summed E-state index contributed by atoms with van der Waals surface area (Å²) in [5.41, 5.74) is 3.49. The molecule has 1 aliphatic heterocycles. The SMILES string of the molecule is CCN(CC)C1=NS(=O)(=O)c2ccccc2C(c2ccccc2)=C1C. The van der Waals surface area contributed by atoms with Gasteiger partial charge in [-0.3, -0.25) is 0 Å². The Morgan fingerprint density at radius 1 is 0.920 bits per heavy atom. The van der Waals surface area contributed by atoms with E-state index < -0.39 is 10.0 Å². The molecule has 0 fully saturated rings. The molecule has 0 bridgehead atoms.